The van der Waals surface area contributed by atoms with E-state index in [9.17, 15) is 13.2 Å². The second kappa shape index (κ2) is 11.1. The standard InChI is InChI=1S/C26H29BrN2O3S/c1-4-21-15-23(27)16-22(5-2)26(21)28-25(30)18-29(17-20-9-7-6-8-10-20)33(31,32)24-13-11-19(3)12-14-24/h6-16H,4-5,17-18H2,1-3H3,(H,28,30). The van der Waals surface area contributed by atoms with E-state index in [4.69, 9.17) is 0 Å². The van der Waals surface area contributed by atoms with Gasteiger partial charge in [-0.3, -0.25) is 4.79 Å². The van der Waals surface area contributed by atoms with Gasteiger partial charge >= 0.3 is 0 Å². The van der Waals surface area contributed by atoms with Crippen LogP contribution in [0.2, 0.25) is 0 Å². The summed E-state index contributed by atoms with van der Waals surface area (Å²) in [4.78, 5) is 13.3. The van der Waals surface area contributed by atoms with Gasteiger partial charge in [0.25, 0.3) is 0 Å². The molecule has 5 nitrogen and oxygen atoms in total. The molecule has 0 fully saturated rings. The van der Waals surface area contributed by atoms with Gasteiger partial charge in [0.15, 0.2) is 0 Å². The van der Waals surface area contributed by atoms with Crippen molar-refractivity contribution in [3.8, 4) is 0 Å². The number of nitrogens with one attached hydrogen (secondary N) is 1. The maximum atomic E-state index is 13.5. The van der Waals surface area contributed by atoms with Crippen molar-refractivity contribution in [3.05, 3.63) is 93.5 Å². The van der Waals surface area contributed by atoms with Crippen molar-refractivity contribution < 1.29 is 13.2 Å². The van der Waals surface area contributed by atoms with E-state index in [1.54, 1.807) is 24.3 Å². The van der Waals surface area contributed by atoms with Crippen LogP contribution in [0.1, 0.15) is 36.1 Å². The van der Waals surface area contributed by atoms with E-state index in [0.29, 0.717) is 0 Å². The van der Waals surface area contributed by atoms with Crippen LogP contribution in [-0.4, -0.2) is 25.2 Å². The van der Waals surface area contributed by atoms with Crippen LogP contribution >= 0.6 is 15.9 Å². The molecule has 0 spiro atoms. The molecule has 0 atom stereocenters. The monoisotopic (exact) mass is 528 g/mol. The summed E-state index contributed by atoms with van der Waals surface area (Å²) in [6, 6.07) is 20.0. The van der Waals surface area contributed by atoms with Gasteiger partial charge in [-0.2, -0.15) is 4.31 Å². The number of hydrogen-bond acceptors (Lipinski definition) is 3. The molecule has 3 aromatic carbocycles. The first-order chi connectivity index (χ1) is 15.7. The van der Waals surface area contributed by atoms with Crippen molar-refractivity contribution in [3.63, 3.8) is 0 Å². The van der Waals surface area contributed by atoms with Crippen molar-refractivity contribution in [1.82, 2.24) is 4.31 Å². The third-order valence-electron chi connectivity index (χ3n) is 5.47. The Morgan fingerprint density at radius 1 is 0.939 bits per heavy atom. The highest BCUT2D eigenvalue weighted by Gasteiger charge is 2.27. The lowest BCUT2D eigenvalue weighted by atomic mass is 10.0. The summed E-state index contributed by atoms with van der Waals surface area (Å²) >= 11 is 3.53. The fraction of sp³-hybridized carbons (Fsp3) is 0.269. The van der Waals surface area contributed by atoms with Gasteiger partial charge in [-0.25, -0.2) is 8.42 Å². The minimum Gasteiger partial charge on any atom is -0.324 e. The molecule has 0 saturated heterocycles. The summed E-state index contributed by atoms with van der Waals surface area (Å²) in [6.45, 7) is 5.78. The topological polar surface area (TPSA) is 66.5 Å². The first-order valence-corrected chi connectivity index (χ1v) is 13.2. The van der Waals surface area contributed by atoms with Crippen LogP contribution in [0.5, 0.6) is 0 Å². The number of carbonyl (C=O) groups excluding carboxylic acids is 1. The van der Waals surface area contributed by atoms with Crippen molar-refractivity contribution in [1.29, 1.82) is 0 Å². The van der Waals surface area contributed by atoms with E-state index in [-0.39, 0.29) is 23.9 Å². The lowest BCUT2D eigenvalue weighted by molar-refractivity contribution is -0.116. The van der Waals surface area contributed by atoms with Gasteiger partial charge in [0.1, 0.15) is 0 Å². The Hall–Kier alpha value is -2.48. The minimum absolute atomic E-state index is 0.103. The van der Waals surface area contributed by atoms with Crippen LogP contribution in [0.15, 0.2) is 76.1 Å². The molecule has 3 aromatic rings. The first kappa shape index (κ1) is 25.1. The highest BCUT2D eigenvalue weighted by molar-refractivity contribution is 9.10. The van der Waals surface area contributed by atoms with E-state index in [1.165, 1.54) is 4.31 Å². The van der Waals surface area contributed by atoms with E-state index < -0.39 is 10.0 Å². The zero-order valence-corrected chi connectivity index (χ0v) is 21.5. The molecule has 0 aliphatic carbocycles. The maximum absolute atomic E-state index is 13.5. The number of anilines is 1. The molecule has 7 heteroatoms. The van der Waals surface area contributed by atoms with Gasteiger partial charge in [0.05, 0.1) is 11.4 Å². The van der Waals surface area contributed by atoms with Crippen LogP contribution in [0, 0.1) is 6.92 Å². The third-order valence-corrected chi connectivity index (χ3v) is 7.74. The van der Waals surface area contributed by atoms with Crippen LogP contribution < -0.4 is 5.32 Å². The van der Waals surface area contributed by atoms with Crippen LogP contribution in [0.3, 0.4) is 0 Å². The number of carbonyl (C=O) groups is 1. The molecule has 0 unspecified atom stereocenters. The van der Waals surface area contributed by atoms with E-state index in [1.807, 2.05) is 63.2 Å². The number of rotatable bonds is 9. The quantitative estimate of drug-likeness (QED) is 0.386. The second-order valence-corrected chi connectivity index (χ2v) is 10.8. The highest BCUT2D eigenvalue weighted by Crippen LogP contribution is 2.28. The van der Waals surface area contributed by atoms with Gasteiger partial charge in [0.2, 0.25) is 15.9 Å². The molecule has 1 N–H and O–H groups in total. The van der Waals surface area contributed by atoms with E-state index in [0.717, 1.165) is 45.3 Å². The minimum atomic E-state index is -3.88. The predicted octanol–water partition coefficient (Wildman–Crippen LogP) is 5.71. The highest BCUT2D eigenvalue weighted by atomic mass is 79.9. The summed E-state index contributed by atoms with van der Waals surface area (Å²) in [6.07, 6.45) is 1.49. The van der Waals surface area contributed by atoms with Gasteiger partial charge < -0.3 is 5.32 Å². The van der Waals surface area contributed by atoms with Crippen molar-refractivity contribution in [2.24, 2.45) is 0 Å². The number of aryl methyl sites for hydroxylation is 3. The number of amides is 1. The Labute approximate surface area is 205 Å². The summed E-state index contributed by atoms with van der Waals surface area (Å²) < 4.78 is 29.1. The largest absolute Gasteiger partial charge is 0.324 e. The van der Waals surface area contributed by atoms with Crippen molar-refractivity contribution in [2.75, 3.05) is 11.9 Å². The number of halogens is 1. The average Bonchev–Trinajstić information content (AvgIpc) is 2.80. The Morgan fingerprint density at radius 2 is 1.52 bits per heavy atom. The normalized spacial score (nSPS) is 11.5. The third kappa shape index (κ3) is 6.31. The summed E-state index contributed by atoms with van der Waals surface area (Å²) in [5, 5.41) is 2.99. The zero-order valence-electron chi connectivity index (χ0n) is 19.1. The maximum Gasteiger partial charge on any atom is 0.243 e. The lowest BCUT2D eigenvalue weighted by Crippen LogP contribution is -2.37. The van der Waals surface area contributed by atoms with E-state index >= 15 is 0 Å². The van der Waals surface area contributed by atoms with Gasteiger partial charge in [-0.1, -0.05) is 77.8 Å². The molecule has 0 heterocycles. The Morgan fingerprint density at radius 3 is 2.06 bits per heavy atom. The molecule has 0 aromatic heterocycles. The molecule has 33 heavy (non-hydrogen) atoms. The molecule has 0 saturated carbocycles. The van der Waals surface area contributed by atoms with Gasteiger partial charge in [-0.05, 0) is 60.7 Å². The molecular formula is C26H29BrN2O3S. The number of benzene rings is 3. The Balaban J connectivity index is 1.92. The fourth-order valence-corrected chi connectivity index (χ4v) is 5.59. The van der Waals surface area contributed by atoms with E-state index in [2.05, 4.69) is 21.2 Å². The molecule has 0 aliphatic rings. The molecule has 1 amide bonds. The summed E-state index contributed by atoms with van der Waals surface area (Å²) in [7, 11) is -3.88. The first-order valence-electron chi connectivity index (χ1n) is 11.0. The van der Waals surface area contributed by atoms with Crippen molar-refractivity contribution >= 4 is 37.5 Å². The predicted molar refractivity (Wildman–Crippen MR) is 137 cm³/mol. The van der Waals surface area contributed by atoms with Crippen LogP contribution in [0.25, 0.3) is 0 Å². The van der Waals surface area contributed by atoms with Gasteiger partial charge in [0, 0.05) is 16.7 Å². The number of nitrogens with zero attached hydrogens (tertiary/aromatic N) is 1. The smallest absolute Gasteiger partial charge is 0.243 e. The number of sulfonamides is 1. The Bertz CT molecular complexity index is 1190. The Kier molecular flexibility index (Phi) is 8.46. The van der Waals surface area contributed by atoms with Crippen LogP contribution in [-0.2, 0) is 34.2 Å². The molecular weight excluding hydrogens is 500 g/mol. The molecule has 0 radical (unpaired) electrons. The molecule has 0 aliphatic heterocycles. The molecule has 174 valence electrons. The van der Waals surface area contributed by atoms with Gasteiger partial charge in [-0.15, -0.1) is 0 Å². The van der Waals surface area contributed by atoms with Crippen LogP contribution in [0.4, 0.5) is 5.69 Å². The lowest BCUT2D eigenvalue weighted by Gasteiger charge is -2.23. The average molecular weight is 530 g/mol. The molecule has 0 bridgehead atoms. The van der Waals surface area contributed by atoms with Crippen molar-refractivity contribution in [2.45, 2.75) is 45.1 Å². The SMILES string of the molecule is CCc1cc(Br)cc(CC)c1NC(=O)CN(Cc1ccccc1)S(=O)(=O)c1ccc(C)cc1. The summed E-state index contributed by atoms with van der Waals surface area (Å²) in [5.41, 5.74) is 4.56. The number of hydrogen-bond donors (Lipinski definition) is 1. The zero-order chi connectivity index (χ0) is 24.0. The fourth-order valence-electron chi connectivity index (χ4n) is 3.65. The second-order valence-electron chi connectivity index (χ2n) is 7.93. The summed E-state index contributed by atoms with van der Waals surface area (Å²) in [5.74, 6) is -0.367. The molecule has 3 rings (SSSR count).